The lowest BCUT2D eigenvalue weighted by atomic mass is 9.85. The highest BCUT2D eigenvalue weighted by Crippen LogP contribution is 2.32. The maximum Gasteiger partial charge on any atom is 0.306 e. The van der Waals surface area contributed by atoms with Gasteiger partial charge in [-0.1, -0.05) is 6.42 Å². The van der Waals surface area contributed by atoms with E-state index in [9.17, 15) is 34.2 Å². The number of carbonyl (C=O) groups excluding carboxylic acids is 2. The Morgan fingerprint density at radius 1 is 0.943 bits per heavy atom. The Labute approximate surface area is 201 Å². The van der Waals surface area contributed by atoms with Crippen LogP contribution in [0.5, 0.6) is 0 Å². The molecule has 1 fully saturated rings. The van der Waals surface area contributed by atoms with Gasteiger partial charge in [0.25, 0.3) is 5.69 Å². The van der Waals surface area contributed by atoms with E-state index >= 15 is 0 Å². The summed E-state index contributed by atoms with van der Waals surface area (Å²) in [5.41, 5.74) is 0.701. The minimum absolute atomic E-state index is 0.00919. The Morgan fingerprint density at radius 2 is 1.43 bits per heavy atom. The summed E-state index contributed by atoms with van der Waals surface area (Å²) in [7, 11) is 3.06. The van der Waals surface area contributed by atoms with E-state index in [1.54, 1.807) is 19.2 Å². The van der Waals surface area contributed by atoms with Crippen LogP contribution in [-0.4, -0.2) is 42.3 Å². The summed E-state index contributed by atoms with van der Waals surface area (Å²) in [6.07, 6.45) is 3.62. The third kappa shape index (κ3) is 7.19. The van der Waals surface area contributed by atoms with Gasteiger partial charge in [-0.15, -0.1) is 0 Å². The van der Waals surface area contributed by atoms with Crippen LogP contribution in [0.1, 0.15) is 33.1 Å². The van der Waals surface area contributed by atoms with Crippen LogP contribution in [-0.2, 0) is 9.59 Å². The number of hydrogen-bond donors (Lipinski definition) is 1. The molecule has 0 heterocycles. The molecule has 0 unspecified atom stereocenters. The Hall–Kier alpha value is -4.09. The number of nitrogens with zero attached hydrogens (tertiary/aromatic N) is 4. The largest absolute Gasteiger partial charge is 0.379 e. The number of nitro groups is 2. The fraction of sp³-hybridized carbons (Fsp3) is 0.391. The minimum Gasteiger partial charge on any atom is -0.379 e. The van der Waals surface area contributed by atoms with E-state index in [-0.39, 0.29) is 23.2 Å². The van der Waals surface area contributed by atoms with Crippen molar-refractivity contribution in [1.29, 1.82) is 0 Å². The first-order chi connectivity index (χ1) is 16.4. The van der Waals surface area contributed by atoms with Gasteiger partial charge in [0.15, 0.2) is 0 Å². The summed E-state index contributed by atoms with van der Waals surface area (Å²) in [6.45, 7) is 3.51. The molecule has 0 aromatic heterocycles. The van der Waals surface area contributed by atoms with Crippen LogP contribution >= 0.6 is 0 Å². The number of benzene rings is 2. The molecule has 12 heteroatoms. The van der Waals surface area contributed by atoms with Crippen molar-refractivity contribution in [1.82, 2.24) is 0 Å². The van der Waals surface area contributed by atoms with Crippen LogP contribution < -0.4 is 15.1 Å². The fourth-order valence-electron chi connectivity index (χ4n) is 3.19. The SMILES string of the molecule is CC(=O)N(C)c1ccc(F)c([N+](=O)[O-])c1.CC(=O)N(C)c1ccc(NCC2CCC2)c([N+](=O)[O-])c1. The maximum atomic E-state index is 12.9. The van der Waals surface area contributed by atoms with Crippen molar-refractivity contribution in [3.8, 4) is 0 Å². The number of anilines is 3. The molecule has 0 saturated heterocycles. The van der Waals surface area contributed by atoms with Crippen molar-refractivity contribution in [2.45, 2.75) is 33.1 Å². The Morgan fingerprint density at radius 3 is 1.86 bits per heavy atom. The van der Waals surface area contributed by atoms with Crippen molar-refractivity contribution in [2.75, 3.05) is 35.8 Å². The first-order valence-electron chi connectivity index (χ1n) is 10.9. The van der Waals surface area contributed by atoms with E-state index in [4.69, 9.17) is 0 Å². The smallest absolute Gasteiger partial charge is 0.306 e. The molecule has 1 saturated carbocycles. The molecule has 1 aliphatic carbocycles. The zero-order chi connectivity index (χ0) is 26.3. The first kappa shape index (κ1) is 27.2. The predicted octanol–water partition coefficient (Wildman–Crippen LogP) is 4.51. The molecule has 0 radical (unpaired) electrons. The van der Waals surface area contributed by atoms with E-state index in [0.29, 0.717) is 17.3 Å². The lowest BCUT2D eigenvalue weighted by Gasteiger charge is -2.26. The third-order valence-corrected chi connectivity index (χ3v) is 5.83. The topological polar surface area (TPSA) is 139 Å². The van der Waals surface area contributed by atoms with Crippen molar-refractivity contribution in [3.63, 3.8) is 0 Å². The highest BCUT2D eigenvalue weighted by molar-refractivity contribution is 5.92. The van der Waals surface area contributed by atoms with Gasteiger partial charge in [0.2, 0.25) is 17.6 Å². The molecule has 1 aliphatic rings. The molecular weight excluding hydrogens is 461 g/mol. The van der Waals surface area contributed by atoms with E-state index in [0.717, 1.165) is 18.7 Å². The van der Waals surface area contributed by atoms with Gasteiger partial charge < -0.3 is 15.1 Å². The molecule has 0 atom stereocenters. The molecule has 188 valence electrons. The van der Waals surface area contributed by atoms with Crippen molar-refractivity contribution < 1.29 is 23.8 Å². The average molecular weight is 490 g/mol. The monoisotopic (exact) mass is 489 g/mol. The minimum atomic E-state index is -0.916. The van der Waals surface area contributed by atoms with Crippen molar-refractivity contribution >= 4 is 40.3 Å². The van der Waals surface area contributed by atoms with Crippen molar-refractivity contribution in [3.05, 3.63) is 62.4 Å². The quantitative estimate of drug-likeness (QED) is 0.446. The second-order valence-corrected chi connectivity index (χ2v) is 8.19. The van der Waals surface area contributed by atoms with Gasteiger partial charge in [0.1, 0.15) is 5.69 Å². The van der Waals surface area contributed by atoms with Gasteiger partial charge in [0, 0.05) is 46.6 Å². The predicted molar refractivity (Wildman–Crippen MR) is 130 cm³/mol. The second kappa shape index (κ2) is 11.9. The molecule has 0 aliphatic heterocycles. The number of nitro benzene ring substituents is 2. The highest BCUT2D eigenvalue weighted by atomic mass is 19.1. The van der Waals surface area contributed by atoms with Gasteiger partial charge in [-0.05, 0) is 43.0 Å². The molecular formula is C23H28FN5O6. The van der Waals surface area contributed by atoms with Crippen LogP contribution in [0, 0.1) is 32.0 Å². The van der Waals surface area contributed by atoms with Crippen LogP contribution in [0.15, 0.2) is 36.4 Å². The number of nitrogens with one attached hydrogen (secondary N) is 1. The van der Waals surface area contributed by atoms with Crippen LogP contribution in [0.2, 0.25) is 0 Å². The van der Waals surface area contributed by atoms with Crippen LogP contribution in [0.4, 0.5) is 32.8 Å². The Kier molecular flexibility index (Phi) is 9.20. The molecule has 2 amide bonds. The molecule has 2 aromatic carbocycles. The Bertz CT molecular complexity index is 1120. The van der Waals surface area contributed by atoms with Gasteiger partial charge in [-0.25, -0.2) is 0 Å². The Balaban J connectivity index is 0.000000258. The number of amides is 2. The van der Waals surface area contributed by atoms with Gasteiger partial charge in [0.05, 0.1) is 21.2 Å². The van der Waals surface area contributed by atoms with E-state index < -0.39 is 21.4 Å². The number of hydrogen-bond acceptors (Lipinski definition) is 7. The zero-order valence-electron chi connectivity index (χ0n) is 20.0. The summed E-state index contributed by atoms with van der Waals surface area (Å²) >= 11 is 0. The molecule has 1 N–H and O–H groups in total. The van der Waals surface area contributed by atoms with Crippen LogP contribution in [0.3, 0.4) is 0 Å². The van der Waals surface area contributed by atoms with Crippen molar-refractivity contribution in [2.24, 2.45) is 5.92 Å². The average Bonchev–Trinajstić information content (AvgIpc) is 2.77. The number of rotatable bonds is 7. The molecule has 2 aromatic rings. The standard InChI is InChI=1S/C14H19N3O3.C9H9FN2O3/c1-10(18)16(2)12-6-7-13(14(8-12)17(19)20)15-9-11-4-3-5-11;1-6(13)11(2)7-3-4-8(10)9(5-7)12(14)15/h6-8,11,15H,3-5,9H2,1-2H3;3-5H,1-2H3. The molecule has 35 heavy (non-hydrogen) atoms. The third-order valence-electron chi connectivity index (χ3n) is 5.83. The zero-order valence-corrected chi connectivity index (χ0v) is 20.0. The first-order valence-corrected chi connectivity index (χ1v) is 10.9. The molecule has 0 spiro atoms. The normalized spacial score (nSPS) is 12.5. The maximum absolute atomic E-state index is 12.9. The lowest BCUT2D eigenvalue weighted by molar-refractivity contribution is -0.387. The summed E-state index contributed by atoms with van der Waals surface area (Å²) in [6, 6.07) is 8.13. The lowest BCUT2D eigenvalue weighted by Crippen LogP contribution is -2.23. The number of carbonyl (C=O) groups is 2. The molecule has 0 bridgehead atoms. The summed E-state index contributed by atoms with van der Waals surface area (Å²) < 4.78 is 12.9. The van der Waals surface area contributed by atoms with Gasteiger partial charge >= 0.3 is 5.69 Å². The van der Waals surface area contributed by atoms with Gasteiger partial charge in [-0.2, -0.15) is 4.39 Å². The number of halogens is 1. The summed E-state index contributed by atoms with van der Waals surface area (Å²) in [5.74, 6) is -0.736. The highest BCUT2D eigenvalue weighted by Gasteiger charge is 2.21. The summed E-state index contributed by atoms with van der Waals surface area (Å²) in [5, 5.41) is 24.7. The fourth-order valence-corrected chi connectivity index (χ4v) is 3.19. The molecule has 11 nitrogen and oxygen atoms in total. The van der Waals surface area contributed by atoms with Gasteiger partial charge in [-0.3, -0.25) is 29.8 Å². The second-order valence-electron chi connectivity index (χ2n) is 8.19. The van der Waals surface area contributed by atoms with E-state index in [1.165, 1.54) is 62.1 Å². The van der Waals surface area contributed by atoms with Crippen LogP contribution in [0.25, 0.3) is 0 Å². The summed E-state index contributed by atoms with van der Waals surface area (Å²) in [4.78, 5) is 45.2. The van der Waals surface area contributed by atoms with E-state index in [1.807, 2.05) is 0 Å². The molecule has 3 rings (SSSR count). The van der Waals surface area contributed by atoms with E-state index in [2.05, 4.69) is 5.32 Å².